The largest absolute Gasteiger partial charge is 0.491 e. The summed E-state index contributed by atoms with van der Waals surface area (Å²) in [4.78, 5) is 13.0. The summed E-state index contributed by atoms with van der Waals surface area (Å²) < 4.78 is 38.1. The molecule has 0 saturated carbocycles. The SMILES string of the molecule is COCCOc1cccc(CNC(=O)C2CCN(S(=O)(=O)c3ccc(C(C)C)cc3)CC2)c1. The zero-order chi connectivity index (χ0) is 23.8. The summed E-state index contributed by atoms with van der Waals surface area (Å²) in [6.45, 7) is 6.22. The summed E-state index contributed by atoms with van der Waals surface area (Å²) in [6, 6.07) is 14.7. The molecule has 0 bridgehead atoms. The van der Waals surface area contributed by atoms with Gasteiger partial charge in [0.25, 0.3) is 0 Å². The highest BCUT2D eigenvalue weighted by Gasteiger charge is 2.32. The summed E-state index contributed by atoms with van der Waals surface area (Å²) in [7, 11) is -1.92. The zero-order valence-corrected chi connectivity index (χ0v) is 20.4. The quantitative estimate of drug-likeness (QED) is 0.533. The number of carbonyl (C=O) groups is 1. The molecule has 33 heavy (non-hydrogen) atoms. The zero-order valence-electron chi connectivity index (χ0n) is 19.6. The van der Waals surface area contributed by atoms with Gasteiger partial charge < -0.3 is 14.8 Å². The second-order valence-electron chi connectivity index (χ2n) is 8.61. The molecule has 3 rings (SSSR count). The van der Waals surface area contributed by atoms with Gasteiger partial charge in [0.1, 0.15) is 12.4 Å². The average Bonchev–Trinajstić information content (AvgIpc) is 2.83. The lowest BCUT2D eigenvalue weighted by atomic mass is 9.97. The van der Waals surface area contributed by atoms with Crippen molar-refractivity contribution in [2.45, 2.75) is 44.0 Å². The first kappa shape index (κ1) is 25.2. The first-order valence-electron chi connectivity index (χ1n) is 11.4. The van der Waals surface area contributed by atoms with E-state index in [0.717, 1.165) is 16.9 Å². The van der Waals surface area contributed by atoms with Crippen LogP contribution in [0.15, 0.2) is 53.4 Å². The number of carbonyl (C=O) groups excluding carboxylic acids is 1. The summed E-state index contributed by atoms with van der Waals surface area (Å²) in [5, 5.41) is 2.98. The van der Waals surface area contributed by atoms with Crippen molar-refractivity contribution >= 4 is 15.9 Å². The maximum atomic E-state index is 13.0. The monoisotopic (exact) mass is 474 g/mol. The Morgan fingerprint density at radius 2 is 1.79 bits per heavy atom. The van der Waals surface area contributed by atoms with Gasteiger partial charge in [-0.1, -0.05) is 38.1 Å². The summed E-state index contributed by atoms with van der Waals surface area (Å²) >= 11 is 0. The molecule has 1 aliphatic rings. The molecule has 7 nitrogen and oxygen atoms in total. The Hall–Kier alpha value is -2.42. The van der Waals surface area contributed by atoms with Crippen molar-refractivity contribution in [2.75, 3.05) is 33.4 Å². The molecule has 1 saturated heterocycles. The lowest BCUT2D eigenvalue weighted by Gasteiger charge is -2.30. The molecular weight excluding hydrogens is 440 g/mol. The van der Waals surface area contributed by atoms with E-state index in [-0.39, 0.29) is 11.8 Å². The van der Waals surface area contributed by atoms with Crippen LogP contribution >= 0.6 is 0 Å². The van der Waals surface area contributed by atoms with E-state index in [2.05, 4.69) is 19.2 Å². The third-order valence-electron chi connectivity index (χ3n) is 5.93. The van der Waals surface area contributed by atoms with E-state index in [9.17, 15) is 13.2 Å². The molecule has 0 atom stereocenters. The molecule has 2 aromatic rings. The van der Waals surface area contributed by atoms with Crippen molar-refractivity contribution in [3.05, 3.63) is 59.7 Å². The van der Waals surface area contributed by atoms with E-state index in [1.165, 1.54) is 4.31 Å². The Kier molecular flexibility index (Phi) is 8.88. The summed E-state index contributed by atoms with van der Waals surface area (Å²) in [5.74, 6) is 0.848. The van der Waals surface area contributed by atoms with Gasteiger partial charge in [0.2, 0.25) is 15.9 Å². The molecule has 0 unspecified atom stereocenters. The van der Waals surface area contributed by atoms with Crippen LogP contribution in [0.3, 0.4) is 0 Å². The number of hydrogen-bond acceptors (Lipinski definition) is 5. The van der Waals surface area contributed by atoms with Crippen molar-refractivity contribution in [3.63, 3.8) is 0 Å². The molecule has 180 valence electrons. The number of benzene rings is 2. The van der Waals surface area contributed by atoms with Crippen LogP contribution in [0.5, 0.6) is 5.75 Å². The molecule has 1 fully saturated rings. The maximum absolute atomic E-state index is 13.0. The van der Waals surface area contributed by atoms with Crippen molar-refractivity contribution in [2.24, 2.45) is 5.92 Å². The fourth-order valence-electron chi connectivity index (χ4n) is 3.85. The highest BCUT2D eigenvalue weighted by Crippen LogP contribution is 2.25. The van der Waals surface area contributed by atoms with Gasteiger partial charge in [-0.2, -0.15) is 4.31 Å². The molecular formula is C25H34N2O5S. The van der Waals surface area contributed by atoms with E-state index in [1.807, 2.05) is 36.4 Å². The van der Waals surface area contributed by atoms with Gasteiger partial charge in [-0.3, -0.25) is 4.79 Å². The maximum Gasteiger partial charge on any atom is 0.243 e. The number of piperidine rings is 1. The summed E-state index contributed by atoms with van der Waals surface area (Å²) in [5.41, 5.74) is 2.06. The van der Waals surface area contributed by atoms with Crippen LogP contribution in [0.2, 0.25) is 0 Å². The number of sulfonamides is 1. The minimum Gasteiger partial charge on any atom is -0.491 e. The molecule has 0 aliphatic carbocycles. The number of ether oxygens (including phenoxy) is 2. The molecule has 1 amide bonds. The topological polar surface area (TPSA) is 84.9 Å². The lowest BCUT2D eigenvalue weighted by Crippen LogP contribution is -2.42. The fourth-order valence-corrected chi connectivity index (χ4v) is 5.32. The van der Waals surface area contributed by atoms with Gasteiger partial charge in [0.15, 0.2) is 0 Å². The molecule has 0 spiro atoms. The highest BCUT2D eigenvalue weighted by molar-refractivity contribution is 7.89. The van der Waals surface area contributed by atoms with Crippen LogP contribution in [0.25, 0.3) is 0 Å². The van der Waals surface area contributed by atoms with E-state index in [0.29, 0.717) is 56.5 Å². The smallest absolute Gasteiger partial charge is 0.243 e. The Balaban J connectivity index is 1.50. The number of rotatable bonds is 10. The van der Waals surface area contributed by atoms with Crippen LogP contribution in [0.4, 0.5) is 0 Å². The number of nitrogens with one attached hydrogen (secondary N) is 1. The average molecular weight is 475 g/mol. The van der Waals surface area contributed by atoms with Crippen molar-refractivity contribution in [1.82, 2.24) is 9.62 Å². The van der Waals surface area contributed by atoms with E-state index >= 15 is 0 Å². The molecule has 1 N–H and O–H groups in total. The van der Waals surface area contributed by atoms with Gasteiger partial charge in [-0.05, 0) is 54.2 Å². The predicted molar refractivity (Wildman–Crippen MR) is 128 cm³/mol. The molecule has 0 aromatic heterocycles. The minimum atomic E-state index is -3.54. The van der Waals surface area contributed by atoms with Crippen LogP contribution in [0, 0.1) is 5.92 Å². The number of nitrogens with zero attached hydrogens (tertiary/aromatic N) is 1. The normalized spacial score (nSPS) is 15.5. The molecule has 8 heteroatoms. The van der Waals surface area contributed by atoms with Crippen LogP contribution < -0.4 is 10.1 Å². The number of hydrogen-bond donors (Lipinski definition) is 1. The van der Waals surface area contributed by atoms with Gasteiger partial charge in [0, 0.05) is 32.7 Å². The second kappa shape index (κ2) is 11.6. The van der Waals surface area contributed by atoms with E-state index in [1.54, 1.807) is 19.2 Å². The van der Waals surface area contributed by atoms with Crippen molar-refractivity contribution in [1.29, 1.82) is 0 Å². The summed E-state index contributed by atoms with van der Waals surface area (Å²) in [6.07, 6.45) is 1.02. The number of methoxy groups -OCH3 is 1. The second-order valence-corrected chi connectivity index (χ2v) is 10.5. The van der Waals surface area contributed by atoms with E-state index < -0.39 is 10.0 Å². The first-order valence-corrected chi connectivity index (χ1v) is 12.8. The van der Waals surface area contributed by atoms with Gasteiger partial charge in [0.05, 0.1) is 11.5 Å². The number of amides is 1. The standard InChI is InChI=1S/C25H34N2O5S/c1-19(2)21-7-9-24(10-8-21)33(29,30)27-13-11-22(12-14-27)25(28)26-18-20-5-4-6-23(17-20)32-16-15-31-3/h4-10,17,19,22H,11-16,18H2,1-3H3,(H,26,28). The third-order valence-corrected chi connectivity index (χ3v) is 7.84. The molecule has 2 aromatic carbocycles. The van der Waals surface area contributed by atoms with Crippen LogP contribution in [-0.2, 0) is 26.1 Å². The Morgan fingerprint density at radius 3 is 2.42 bits per heavy atom. The Morgan fingerprint density at radius 1 is 1.09 bits per heavy atom. The lowest BCUT2D eigenvalue weighted by molar-refractivity contribution is -0.126. The van der Waals surface area contributed by atoms with Crippen LogP contribution in [0.1, 0.15) is 43.7 Å². The highest BCUT2D eigenvalue weighted by atomic mass is 32.2. The van der Waals surface area contributed by atoms with E-state index in [4.69, 9.17) is 9.47 Å². The Bertz CT molecular complexity index is 1010. The van der Waals surface area contributed by atoms with Gasteiger partial charge >= 0.3 is 0 Å². The molecule has 1 heterocycles. The molecule has 1 aliphatic heterocycles. The van der Waals surface area contributed by atoms with Crippen molar-refractivity contribution < 1.29 is 22.7 Å². The third kappa shape index (κ3) is 6.79. The predicted octanol–water partition coefficient (Wildman–Crippen LogP) is 3.55. The van der Waals surface area contributed by atoms with Crippen LogP contribution in [-0.4, -0.2) is 52.0 Å². The van der Waals surface area contributed by atoms with Gasteiger partial charge in [-0.15, -0.1) is 0 Å². The molecule has 0 radical (unpaired) electrons. The van der Waals surface area contributed by atoms with Gasteiger partial charge in [-0.25, -0.2) is 8.42 Å². The Labute approximate surface area is 197 Å². The fraction of sp³-hybridized carbons (Fsp3) is 0.480. The first-order chi connectivity index (χ1) is 15.8. The minimum absolute atomic E-state index is 0.0426. The van der Waals surface area contributed by atoms with Crippen molar-refractivity contribution in [3.8, 4) is 5.75 Å².